The van der Waals surface area contributed by atoms with E-state index in [1.807, 2.05) is 0 Å². The Balaban J connectivity index is 2.43. The van der Waals surface area contributed by atoms with Gasteiger partial charge in [0, 0.05) is 12.2 Å². The van der Waals surface area contributed by atoms with Crippen LogP contribution in [-0.2, 0) is 0 Å². The molecule has 0 fully saturated rings. The number of hydrogen-bond acceptors (Lipinski definition) is 2. The largest absolute Gasteiger partial charge is 0.497 e. The summed E-state index contributed by atoms with van der Waals surface area (Å²) in [6.07, 6.45) is -4.12. The lowest BCUT2D eigenvalue weighted by atomic mass is 9.90. The number of anilines is 1. The van der Waals surface area contributed by atoms with Crippen molar-refractivity contribution in [2.45, 2.75) is 18.5 Å². The van der Waals surface area contributed by atoms with Crippen molar-refractivity contribution in [2.75, 3.05) is 19.0 Å². The van der Waals surface area contributed by atoms with Crippen LogP contribution in [-0.4, -0.2) is 19.8 Å². The number of nitrogens with one attached hydrogen (secondary N) is 1. The maximum absolute atomic E-state index is 12.8. The molecule has 0 aliphatic carbocycles. The van der Waals surface area contributed by atoms with Crippen molar-refractivity contribution >= 4 is 5.69 Å². The van der Waals surface area contributed by atoms with Crippen molar-refractivity contribution < 1.29 is 17.9 Å². The summed E-state index contributed by atoms with van der Waals surface area (Å²) in [5.74, 6) is -0.935. The fraction of sp³-hybridized carbons (Fsp3) is 0.455. The summed E-state index contributed by atoms with van der Waals surface area (Å²) in [6, 6.07) is 4.75. The zero-order valence-corrected chi connectivity index (χ0v) is 8.77. The monoisotopic (exact) mass is 231 g/mol. The van der Waals surface area contributed by atoms with Gasteiger partial charge in [-0.3, -0.25) is 0 Å². The summed E-state index contributed by atoms with van der Waals surface area (Å²) in [5.41, 5.74) is 0.826. The molecular formula is C11H12F3NO. The fourth-order valence-corrected chi connectivity index (χ4v) is 1.96. The molecule has 1 aromatic rings. The van der Waals surface area contributed by atoms with Crippen LogP contribution in [0.25, 0.3) is 0 Å². The summed E-state index contributed by atoms with van der Waals surface area (Å²) in [4.78, 5) is 0. The maximum Gasteiger partial charge on any atom is 0.395 e. The van der Waals surface area contributed by atoms with Gasteiger partial charge in [-0.15, -0.1) is 0 Å². The standard InChI is InChI=1S/C11H12F3NO/c1-16-7-2-3-10-8(6-7)9(4-5-15-10)11(12,13)14/h2-3,6,9,15H,4-5H2,1H3. The molecule has 2 rings (SSSR count). The van der Waals surface area contributed by atoms with Crippen molar-refractivity contribution in [3.63, 3.8) is 0 Å². The topological polar surface area (TPSA) is 21.3 Å². The average Bonchev–Trinajstić information content (AvgIpc) is 2.26. The Bertz CT molecular complexity index is 389. The van der Waals surface area contributed by atoms with Gasteiger partial charge in [-0.05, 0) is 30.2 Å². The Morgan fingerprint density at radius 2 is 2.12 bits per heavy atom. The molecule has 0 radical (unpaired) electrons. The number of alkyl halides is 3. The molecule has 1 aliphatic heterocycles. The number of hydrogen-bond donors (Lipinski definition) is 1. The second-order valence-corrected chi connectivity index (χ2v) is 3.76. The normalized spacial score (nSPS) is 19.9. The smallest absolute Gasteiger partial charge is 0.395 e. The van der Waals surface area contributed by atoms with Crippen LogP contribution < -0.4 is 10.1 Å². The molecule has 1 heterocycles. The molecule has 2 nitrogen and oxygen atoms in total. The average molecular weight is 231 g/mol. The first-order valence-electron chi connectivity index (χ1n) is 5.01. The van der Waals surface area contributed by atoms with Crippen molar-refractivity contribution in [2.24, 2.45) is 0 Å². The number of fused-ring (bicyclic) bond motifs is 1. The number of methoxy groups -OCH3 is 1. The van der Waals surface area contributed by atoms with Crippen LogP contribution in [0.3, 0.4) is 0 Å². The van der Waals surface area contributed by atoms with Crippen molar-refractivity contribution in [3.8, 4) is 5.75 Å². The van der Waals surface area contributed by atoms with Gasteiger partial charge < -0.3 is 10.1 Å². The van der Waals surface area contributed by atoms with Crippen LogP contribution in [0.2, 0.25) is 0 Å². The molecular weight excluding hydrogens is 219 g/mol. The first-order chi connectivity index (χ1) is 7.52. The second-order valence-electron chi connectivity index (χ2n) is 3.76. The quantitative estimate of drug-likeness (QED) is 0.801. The van der Waals surface area contributed by atoms with E-state index in [-0.39, 0.29) is 12.0 Å². The molecule has 16 heavy (non-hydrogen) atoms. The van der Waals surface area contributed by atoms with Crippen molar-refractivity contribution in [1.82, 2.24) is 0 Å². The SMILES string of the molecule is COc1ccc2c(c1)C(C(F)(F)F)CCN2. The molecule has 0 spiro atoms. The van der Waals surface area contributed by atoms with Gasteiger partial charge in [0.1, 0.15) is 5.75 Å². The number of ether oxygens (including phenoxy) is 1. The first kappa shape index (κ1) is 11.1. The van der Waals surface area contributed by atoms with Crippen LogP contribution in [0.15, 0.2) is 18.2 Å². The van der Waals surface area contributed by atoms with Crippen LogP contribution in [0, 0.1) is 0 Å². The van der Waals surface area contributed by atoms with E-state index in [2.05, 4.69) is 5.32 Å². The number of benzene rings is 1. The highest BCUT2D eigenvalue weighted by Gasteiger charge is 2.42. The summed E-state index contributed by atoms with van der Waals surface area (Å²) < 4.78 is 43.3. The molecule has 88 valence electrons. The first-order valence-corrected chi connectivity index (χ1v) is 5.01. The van der Waals surface area contributed by atoms with E-state index in [1.165, 1.54) is 13.2 Å². The molecule has 1 unspecified atom stereocenters. The van der Waals surface area contributed by atoms with Gasteiger partial charge in [0.15, 0.2) is 0 Å². The van der Waals surface area contributed by atoms with E-state index in [9.17, 15) is 13.2 Å². The van der Waals surface area contributed by atoms with Crippen LogP contribution in [0.4, 0.5) is 18.9 Å². The van der Waals surface area contributed by atoms with Gasteiger partial charge in [-0.1, -0.05) is 0 Å². The molecule has 0 amide bonds. The number of rotatable bonds is 1. The predicted molar refractivity (Wildman–Crippen MR) is 54.9 cm³/mol. The predicted octanol–water partition coefficient (Wildman–Crippen LogP) is 3.16. The van der Waals surface area contributed by atoms with E-state index in [1.54, 1.807) is 12.1 Å². The lowest BCUT2D eigenvalue weighted by molar-refractivity contribution is -0.151. The number of halogens is 3. The summed E-state index contributed by atoms with van der Waals surface area (Å²) >= 11 is 0. The molecule has 1 N–H and O–H groups in total. The van der Waals surface area contributed by atoms with Gasteiger partial charge in [-0.2, -0.15) is 13.2 Å². The molecule has 0 bridgehead atoms. The summed E-state index contributed by atoms with van der Waals surface area (Å²) in [6.45, 7) is 0.351. The Kier molecular flexibility index (Phi) is 2.69. The zero-order valence-electron chi connectivity index (χ0n) is 8.77. The summed E-state index contributed by atoms with van der Waals surface area (Å²) in [7, 11) is 1.45. The minimum Gasteiger partial charge on any atom is -0.497 e. The fourth-order valence-electron chi connectivity index (χ4n) is 1.96. The van der Waals surface area contributed by atoms with E-state index >= 15 is 0 Å². The van der Waals surface area contributed by atoms with Gasteiger partial charge in [-0.25, -0.2) is 0 Å². The molecule has 1 atom stereocenters. The highest BCUT2D eigenvalue weighted by atomic mass is 19.4. The lowest BCUT2D eigenvalue weighted by Gasteiger charge is -2.28. The molecule has 0 saturated heterocycles. The second kappa shape index (κ2) is 3.88. The molecule has 0 aromatic heterocycles. The highest BCUT2D eigenvalue weighted by molar-refractivity contribution is 5.58. The van der Waals surface area contributed by atoms with Gasteiger partial charge in [0.05, 0.1) is 13.0 Å². The van der Waals surface area contributed by atoms with Gasteiger partial charge >= 0.3 is 6.18 Å². The zero-order chi connectivity index (χ0) is 11.8. The van der Waals surface area contributed by atoms with Crippen LogP contribution in [0.5, 0.6) is 5.75 Å². The highest BCUT2D eigenvalue weighted by Crippen LogP contribution is 2.43. The molecule has 0 saturated carbocycles. The van der Waals surface area contributed by atoms with E-state index in [0.29, 0.717) is 18.0 Å². The van der Waals surface area contributed by atoms with Crippen LogP contribution >= 0.6 is 0 Å². The molecule has 1 aliphatic rings. The van der Waals surface area contributed by atoms with Crippen LogP contribution in [0.1, 0.15) is 17.9 Å². The lowest BCUT2D eigenvalue weighted by Crippen LogP contribution is -2.28. The minimum absolute atomic E-state index is 0.0731. The Morgan fingerprint density at radius 1 is 1.38 bits per heavy atom. The Labute approximate surface area is 91.4 Å². The van der Waals surface area contributed by atoms with Gasteiger partial charge in [0.2, 0.25) is 0 Å². The van der Waals surface area contributed by atoms with Crippen molar-refractivity contribution in [1.29, 1.82) is 0 Å². The summed E-state index contributed by atoms with van der Waals surface area (Å²) in [5, 5.41) is 2.96. The van der Waals surface area contributed by atoms with E-state index in [0.717, 1.165) is 0 Å². The van der Waals surface area contributed by atoms with Crippen molar-refractivity contribution in [3.05, 3.63) is 23.8 Å². The minimum atomic E-state index is -4.19. The Morgan fingerprint density at radius 3 is 2.75 bits per heavy atom. The molecule has 1 aromatic carbocycles. The third-order valence-corrected chi connectivity index (χ3v) is 2.78. The third-order valence-electron chi connectivity index (χ3n) is 2.78. The third kappa shape index (κ3) is 1.94. The Hall–Kier alpha value is -1.39. The molecule has 5 heteroatoms. The van der Waals surface area contributed by atoms with E-state index < -0.39 is 12.1 Å². The van der Waals surface area contributed by atoms with E-state index in [4.69, 9.17) is 4.74 Å². The van der Waals surface area contributed by atoms with Gasteiger partial charge in [0.25, 0.3) is 0 Å². The maximum atomic E-state index is 12.8.